The van der Waals surface area contributed by atoms with Gasteiger partial charge in [0.15, 0.2) is 12.6 Å². The molecule has 0 aromatic carbocycles. The third kappa shape index (κ3) is 0.870. The van der Waals surface area contributed by atoms with E-state index in [1.165, 1.54) is 0 Å². The summed E-state index contributed by atoms with van der Waals surface area (Å²) in [7, 11) is 0. The Hall–Kier alpha value is -0.660. The zero-order valence-electron chi connectivity index (χ0n) is 9.12. The molecule has 4 aliphatic carbocycles. The van der Waals surface area contributed by atoms with E-state index in [4.69, 9.17) is 9.59 Å². The summed E-state index contributed by atoms with van der Waals surface area (Å²) in [5.41, 5.74) is 1.49. The van der Waals surface area contributed by atoms with Crippen LogP contribution in [0.3, 0.4) is 0 Å². The van der Waals surface area contributed by atoms with Crippen molar-refractivity contribution < 1.29 is 9.59 Å². The van der Waals surface area contributed by atoms with Gasteiger partial charge in [-0.1, -0.05) is 20.8 Å². The van der Waals surface area contributed by atoms with E-state index in [9.17, 15) is 0 Å². The van der Waals surface area contributed by atoms with Gasteiger partial charge in [0.1, 0.15) is 0 Å². The van der Waals surface area contributed by atoms with Crippen molar-refractivity contribution in [2.75, 3.05) is 0 Å². The lowest BCUT2D eigenvalue weighted by molar-refractivity contribution is -0.122. The largest absolute Gasteiger partial charge is 0.295 e. The number of hydrogen-bond donors (Lipinski definition) is 0. The molecule has 0 aliphatic heterocycles. The first-order chi connectivity index (χ1) is 6.50. The molecule has 4 bridgehead atoms. The predicted molar refractivity (Wildman–Crippen MR) is 53.7 cm³/mol. The van der Waals surface area contributed by atoms with Crippen LogP contribution in [0.25, 0.3) is 0 Å². The molecule has 14 heavy (non-hydrogen) atoms. The summed E-state index contributed by atoms with van der Waals surface area (Å²) in [6.45, 7) is 7.50. The lowest BCUT2D eigenvalue weighted by Crippen LogP contribution is -2.22. The zero-order chi connectivity index (χ0) is 10.6. The lowest BCUT2D eigenvalue weighted by atomic mass is 9.76. The number of hydrogen-bond acceptors (Lipinski definition) is 2. The molecule has 0 saturated heterocycles. The molecule has 0 aromatic rings. The third-order valence-electron chi connectivity index (χ3n) is 5.46. The van der Waals surface area contributed by atoms with Crippen LogP contribution in [0.2, 0.25) is 0 Å². The van der Waals surface area contributed by atoms with Crippen LogP contribution in [-0.4, -0.2) is 12.6 Å². The molecule has 0 radical (unpaired) electrons. The van der Waals surface area contributed by atoms with Crippen LogP contribution in [0, 0.1) is 28.6 Å². The minimum Gasteiger partial charge on any atom is -0.295 e. The van der Waals surface area contributed by atoms with Gasteiger partial charge in [-0.15, -0.1) is 0 Å². The van der Waals surface area contributed by atoms with Gasteiger partial charge in [-0.05, 0) is 41.4 Å². The van der Waals surface area contributed by atoms with E-state index < -0.39 is 0 Å². The van der Waals surface area contributed by atoms with E-state index in [1.807, 2.05) is 0 Å². The first kappa shape index (κ1) is 9.88. The second-order valence-corrected chi connectivity index (χ2v) is 5.66. The zero-order valence-corrected chi connectivity index (χ0v) is 9.12. The van der Waals surface area contributed by atoms with Crippen molar-refractivity contribution in [1.82, 2.24) is 0 Å². The maximum atomic E-state index is 8.81. The number of aldehydes is 2. The molecule has 4 rings (SSSR count). The van der Waals surface area contributed by atoms with E-state index in [2.05, 4.69) is 20.8 Å². The minimum absolute atomic E-state index is 0.194. The highest BCUT2D eigenvalue weighted by Crippen LogP contribution is 2.85. The smallest absolute Gasteiger partial charge is 0.182 e. The van der Waals surface area contributed by atoms with E-state index in [1.54, 1.807) is 12.8 Å². The Bertz CT molecular complexity index is 259. The fourth-order valence-corrected chi connectivity index (χ4v) is 4.21. The average Bonchev–Trinajstić information content (AvgIpc) is 2.55. The molecule has 0 spiro atoms. The fourth-order valence-electron chi connectivity index (χ4n) is 4.21. The molecule has 0 amide bonds. The summed E-state index contributed by atoms with van der Waals surface area (Å²) < 4.78 is 0. The Labute approximate surface area is 85.1 Å². The van der Waals surface area contributed by atoms with Crippen LogP contribution < -0.4 is 0 Å². The molecule has 4 saturated carbocycles. The van der Waals surface area contributed by atoms with Gasteiger partial charge in [-0.2, -0.15) is 0 Å². The molecule has 0 aromatic heterocycles. The monoisotopic (exact) mass is 194 g/mol. The van der Waals surface area contributed by atoms with Gasteiger partial charge < -0.3 is 0 Å². The van der Waals surface area contributed by atoms with Gasteiger partial charge in [-0.3, -0.25) is 9.59 Å². The summed E-state index contributed by atoms with van der Waals surface area (Å²) in [6.07, 6.45) is 3.52. The molecular formula is C12H18O2. The van der Waals surface area contributed by atoms with Gasteiger partial charge in [0.2, 0.25) is 0 Å². The van der Waals surface area contributed by atoms with Crippen LogP contribution >= 0.6 is 0 Å². The van der Waals surface area contributed by atoms with E-state index >= 15 is 0 Å². The molecular weight excluding hydrogens is 176 g/mol. The van der Waals surface area contributed by atoms with Gasteiger partial charge in [0, 0.05) is 0 Å². The van der Waals surface area contributed by atoms with Crippen molar-refractivity contribution in [3.63, 3.8) is 0 Å². The molecule has 2 unspecified atom stereocenters. The third-order valence-corrected chi connectivity index (χ3v) is 5.46. The molecule has 2 heteroatoms. The summed E-state index contributed by atoms with van der Waals surface area (Å²) in [4.78, 5) is 17.6. The maximum absolute atomic E-state index is 8.81. The van der Waals surface area contributed by atoms with Gasteiger partial charge in [0.25, 0.3) is 0 Å². The Morgan fingerprint density at radius 1 is 1.00 bits per heavy atom. The Balaban J connectivity index is 0.000000165. The standard InChI is InChI=1S/C10H16.C2H2O2/c1-9(2)6-4-7-8(5-6)10(7,9)3;3-1-2-4/h6-8H,4-5H2,1-3H3;1-2H. The molecule has 4 fully saturated rings. The van der Waals surface area contributed by atoms with Crippen LogP contribution in [0.5, 0.6) is 0 Å². The predicted octanol–water partition coefficient (Wildman–Crippen LogP) is 2.07. The number of carbonyl (C=O) groups is 2. The first-order valence-corrected chi connectivity index (χ1v) is 5.39. The van der Waals surface area contributed by atoms with Crippen molar-refractivity contribution in [1.29, 1.82) is 0 Å². The second kappa shape index (κ2) is 2.68. The molecule has 0 N–H and O–H groups in total. The van der Waals surface area contributed by atoms with Gasteiger partial charge in [-0.25, -0.2) is 0 Å². The van der Waals surface area contributed by atoms with Crippen LogP contribution in [0.15, 0.2) is 0 Å². The maximum Gasteiger partial charge on any atom is 0.182 e. The Morgan fingerprint density at radius 3 is 1.50 bits per heavy atom. The summed E-state index contributed by atoms with van der Waals surface area (Å²) in [6, 6.07) is 0. The van der Waals surface area contributed by atoms with Crippen molar-refractivity contribution >= 4 is 12.6 Å². The quantitative estimate of drug-likeness (QED) is 0.473. The normalized spacial score (nSPS) is 49.2. The van der Waals surface area contributed by atoms with Crippen LogP contribution in [0.4, 0.5) is 0 Å². The van der Waals surface area contributed by atoms with Gasteiger partial charge >= 0.3 is 0 Å². The van der Waals surface area contributed by atoms with Crippen LogP contribution in [0.1, 0.15) is 33.6 Å². The van der Waals surface area contributed by atoms with E-state index in [0.29, 0.717) is 5.41 Å². The van der Waals surface area contributed by atoms with Gasteiger partial charge in [0.05, 0.1) is 0 Å². The van der Waals surface area contributed by atoms with E-state index in [-0.39, 0.29) is 12.6 Å². The summed E-state index contributed by atoms with van der Waals surface area (Å²) in [5.74, 6) is 3.38. The average molecular weight is 194 g/mol. The van der Waals surface area contributed by atoms with Crippen LogP contribution in [-0.2, 0) is 9.59 Å². The van der Waals surface area contributed by atoms with Crippen molar-refractivity contribution in [3.8, 4) is 0 Å². The Morgan fingerprint density at radius 2 is 1.43 bits per heavy atom. The highest BCUT2D eigenvalue weighted by atomic mass is 16.2. The first-order valence-electron chi connectivity index (χ1n) is 5.39. The number of rotatable bonds is 1. The second-order valence-electron chi connectivity index (χ2n) is 5.66. The highest BCUT2D eigenvalue weighted by molar-refractivity contribution is 6.09. The SMILES string of the molecule is CC1(C)C2CC3C(C2)C31C.O=CC=O. The lowest BCUT2D eigenvalue weighted by Gasteiger charge is -2.28. The van der Waals surface area contributed by atoms with Crippen molar-refractivity contribution in [2.24, 2.45) is 28.6 Å². The Kier molecular flexibility index (Phi) is 1.89. The van der Waals surface area contributed by atoms with Crippen molar-refractivity contribution in [3.05, 3.63) is 0 Å². The molecule has 4 aliphatic rings. The minimum atomic E-state index is 0.194. The summed E-state index contributed by atoms with van der Waals surface area (Å²) >= 11 is 0. The van der Waals surface area contributed by atoms with E-state index in [0.717, 1.165) is 23.2 Å². The highest BCUT2D eigenvalue weighted by Gasteiger charge is 2.79. The fraction of sp³-hybridized carbons (Fsp3) is 0.833. The molecule has 2 atom stereocenters. The van der Waals surface area contributed by atoms with Crippen molar-refractivity contribution in [2.45, 2.75) is 33.6 Å². The number of carbonyl (C=O) groups excluding carboxylic acids is 2. The topological polar surface area (TPSA) is 34.1 Å². The molecule has 2 nitrogen and oxygen atoms in total. The molecule has 78 valence electrons. The molecule has 0 heterocycles. The summed E-state index contributed by atoms with van der Waals surface area (Å²) in [5, 5.41) is 0.